The van der Waals surface area contributed by atoms with Gasteiger partial charge in [0.15, 0.2) is 5.15 Å². The summed E-state index contributed by atoms with van der Waals surface area (Å²) in [5.74, 6) is -1.65. The van der Waals surface area contributed by atoms with Crippen molar-refractivity contribution >= 4 is 28.9 Å². The molecule has 108 valence electrons. The van der Waals surface area contributed by atoms with Gasteiger partial charge in [0.25, 0.3) is 5.91 Å². The molecule has 1 aromatic carbocycles. The normalized spacial score (nSPS) is 10.2. The number of carbonyl (C=O) groups is 1. The molecule has 0 radical (unpaired) electrons. The number of hydrogen-bond acceptors (Lipinski definition) is 4. The third kappa shape index (κ3) is 3.14. The molecule has 0 bridgehead atoms. The van der Waals surface area contributed by atoms with E-state index in [1.54, 1.807) is 13.0 Å². The minimum Gasteiger partial charge on any atom is -0.319 e. The quantitative estimate of drug-likeness (QED) is 0.535. The lowest BCUT2D eigenvalue weighted by Gasteiger charge is -2.09. The number of aromatic nitrogens is 1. The molecule has 21 heavy (non-hydrogen) atoms. The molecule has 0 aliphatic heterocycles. The topological polar surface area (TPSA) is 85.1 Å². The largest absolute Gasteiger partial charge is 0.319 e. The number of nitro benzene ring substituents is 1. The maximum Gasteiger partial charge on any atom is 0.305 e. The fourth-order valence-electron chi connectivity index (χ4n) is 1.65. The minimum absolute atomic E-state index is 0.0533. The molecule has 0 aliphatic carbocycles. The molecule has 6 nitrogen and oxygen atoms in total. The lowest BCUT2D eigenvalue weighted by molar-refractivity contribution is -0.387. The molecule has 1 N–H and O–H groups in total. The Morgan fingerprint density at radius 2 is 2.14 bits per heavy atom. The molecular formula is C13H9ClFN3O3. The Labute approximate surface area is 123 Å². The SMILES string of the molecule is Cc1ccnc(Cl)c1NC(=O)c1ccc(F)c([N+](=O)[O-])c1. The van der Waals surface area contributed by atoms with E-state index in [0.717, 1.165) is 18.2 Å². The van der Waals surface area contributed by atoms with Crippen LogP contribution in [-0.2, 0) is 0 Å². The predicted molar refractivity (Wildman–Crippen MR) is 75.0 cm³/mol. The van der Waals surface area contributed by atoms with E-state index in [-0.39, 0.29) is 10.7 Å². The van der Waals surface area contributed by atoms with E-state index in [1.165, 1.54) is 6.20 Å². The van der Waals surface area contributed by atoms with Gasteiger partial charge in [-0.1, -0.05) is 11.6 Å². The van der Waals surface area contributed by atoms with Crippen molar-refractivity contribution in [3.05, 3.63) is 62.7 Å². The Balaban J connectivity index is 2.33. The summed E-state index contributed by atoms with van der Waals surface area (Å²) in [6, 6.07) is 4.53. The number of benzene rings is 1. The molecule has 0 fully saturated rings. The van der Waals surface area contributed by atoms with Crippen LogP contribution in [0.5, 0.6) is 0 Å². The first-order valence-corrected chi connectivity index (χ1v) is 6.14. The number of halogens is 2. The van der Waals surface area contributed by atoms with E-state index < -0.39 is 22.3 Å². The fraction of sp³-hybridized carbons (Fsp3) is 0.0769. The van der Waals surface area contributed by atoms with Crippen LogP contribution >= 0.6 is 11.6 Å². The average molecular weight is 310 g/mol. The summed E-state index contributed by atoms with van der Waals surface area (Å²) in [7, 11) is 0. The van der Waals surface area contributed by atoms with Gasteiger partial charge in [0.2, 0.25) is 5.82 Å². The first kappa shape index (κ1) is 14.9. The number of hydrogen-bond donors (Lipinski definition) is 1. The molecule has 0 unspecified atom stereocenters. The standard InChI is InChI=1S/C13H9ClFN3O3/c1-7-4-5-16-12(14)11(7)17-13(19)8-2-3-9(15)10(6-8)18(20)21/h2-6H,1H3,(H,17,19). The van der Waals surface area contributed by atoms with Crippen molar-refractivity contribution in [3.63, 3.8) is 0 Å². The number of carbonyl (C=O) groups excluding carboxylic acids is 1. The van der Waals surface area contributed by atoms with Crippen LogP contribution in [0.25, 0.3) is 0 Å². The van der Waals surface area contributed by atoms with E-state index in [1.807, 2.05) is 0 Å². The number of rotatable bonds is 3. The predicted octanol–water partition coefficient (Wildman–Crippen LogP) is 3.34. The van der Waals surface area contributed by atoms with Crippen molar-refractivity contribution in [2.24, 2.45) is 0 Å². The number of amides is 1. The number of anilines is 1. The van der Waals surface area contributed by atoms with Gasteiger partial charge in [-0.2, -0.15) is 4.39 Å². The first-order valence-electron chi connectivity index (χ1n) is 5.76. The van der Waals surface area contributed by atoms with Crippen LogP contribution in [0.2, 0.25) is 5.15 Å². The molecule has 0 atom stereocenters. The molecule has 0 saturated heterocycles. The molecule has 1 aromatic heterocycles. The molecule has 1 heterocycles. The summed E-state index contributed by atoms with van der Waals surface area (Å²) in [4.78, 5) is 25.7. The van der Waals surface area contributed by atoms with E-state index >= 15 is 0 Å². The van der Waals surface area contributed by atoms with E-state index in [4.69, 9.17) is 11.6 Å². The van der Waals surface area contributed by atoms with Crippen LogP contribution in [0, 0.1) is 22.9 Å². The van der Waals surface area contributed by atoms with Crippen LogP contribution in [0.4, 0.5) is 15.8 Å². The van der Waals surface area contributed by atoms with Crippen LogP contribution in [-0.4, -0.2) is 15.8 Å². The van der Waals surface area contributed by atoms with Crippen LogP contribution in [0.15, 0.2) is 30.5 Å². The molecule has 0 saturated carbocycles. The highest BCUT2D eigenvalue weighted by Crippen LogP contribution is 2.24. The third-order valence-electron chi connectivity index (χ3n) is 2.76. The van der Waals surface area contributed by atoms with Gasteiger partial charge in [-0.15, -0.1) is 0 Å². The van der Waals surface area contributed by atoms with Gasteiger partial charge in [0.05, 0.1) is 10.6 Å². The number of nitrogens with one attached hydrogen (secondary N) is 1. The lowest BCUT2D eigenvalue weighted by Crippen LogP contribution is -2.14. The Morgan fingerprint density at radius 3 is 2.76 bits per heavy atom. The van der Waals surface area contributed by atoms with Crippen molar-refractivity contribution in [2.45, 2.75) is 6.92 Å². The monoisotopic (exact) mass is 309 g/mol. The Kier molecular flexibility index (Phi) is 4.13. The summed E-state index contributed by atoms with van der Waals surface area (Å²) in [6.45, 7) is 1.72. The summed E-state index contributed by atoms with van der Waals surface area (Å²) < 4.78 is 13.2. The van der Waals surface area contributed by atoms with Crippen molar-refractivity contribution in [3.8, 4) is 0 Å². The number of nitrogens with zero attached hydrogens (tertiary/aromatic N) is 2. The smallest absolute Gasteiger partial charge is 0.305 e. The zero-order valence-electron chi connectivity index (χ0n) is 10.8. The second-order valence-electron chi connectivity index (χ2n) is 4.17. The average Bonchev–Trinajstić information content (AvgIpc) is 2.43. The van der Waals surface area contributed by atoms with Crippen molar-refractivity contribution in [1.82, 2.24) is 4.98 Å². The molecule has 0 aliphatic rings. The summed E-state index contributed by atoms with van der Waals surface area (Å²) in [6.07, 6.45) is 1.48. The molecule has 2 rings (SSSR count). The molecule has 1 amide bonds. The molecule has 0 spiro atoms. The van der Waals surface area contributed by atoms with Gasteiger partial charge in [-0.05, 0) is 30.7 Å². The Morgan fingerprint density at radius 1 is 1.43 bits per heavy atom. The van der Waals surface area contributed by atoms with Gasteiger partial charge in [0, 0.05) is 17.8 Å². The summed E-state index contributed by atoms with van der Waals surface area (Å²) >= 11 is 5.87. The zero-order chi connectivity index (χ0) is 15.6. The highest BCUT2D eigenvalue weighted by molar-refractivity contribution is 6.32. The van der Waals surface area contributed by atoms with Gasteiger partial charge < -0.3 is 5.32 Å². The Hall–Kier alpha value is -2.54. The van der Waals surface area contributed by atoms with Crippen LogP contribution < -0.4 is 5.32 Å². The number of pyridine rings is 1. The molecular weight excluding hydrogens is 301 g/mol. The van der Waals surface area contributed by atoms with Gasteiger partial charge in [0.1, 0.15) is 0 Å². The Bertz CT molecular complexity index is 716. The van der Waals surface area contributed by atoms with Crippen molar-refractivity contribution in [2.75, 3.05) is 5.32 Å². The maximum atomic E-state index is 13.2. The van der Waals surface area contributed by atoms with E-state index in [9.17, 15) is 19.3 Å². The zero-order valence-corrected chi connectivity index (χ0v) is 11.5. The van der Waals surface area contributed by atoms with Crippen molar-refractivity contribution < 1.29 is 14.1 Å². The van der Waals surface area contributed by atoms with Crippen LogP contribution in [0.3, 0.4) is 0 Å². The number of aryl methyl sites for hydroxylation is 1. The molecule has 2 aromatic rings. The highest BCUT2D eigenvalue weighted by atomic mass is 35.5. The highest BCUT2D eigenvalue weighted by Gasteiger charge is 2.18. The van der Waals surface area contributed by atoms with Gasteiger partial charge in [-0.25, -0.2) is 4.98 Å². The number of nitro groups is 1. The second-order valence-corrected chi connectivity index (χ2v) is 4.53. The van der Waals surface area contributed by atoms with Crippen LogP contribution in [0.1, 0.15) is 15.9 Å². The summed E-state index contributed by atoms with van der Waals surface area (Å²) in [5, 5.41) is 13.3. The van der Waals surface area contributed by atoms with Gasteiger partial charge >= 0.3 is 5.69 Å². The van der Waals surface area contributed by atoms with Gasteiger partial charge in [-0.3, -0.25) is 14.9 Å². The third-order valence-corrected chi connectivity index (χ3v) is 3.04. The molecule has 8 heteroatoms. The lowest BCUT2D eigenvalue weighted by atomic mass is 10.1. The maximum absolute atomic E-state index is 13.2. The van der Waals surface area contributed by atoms with E-state index in [2.05, 4.69) is 10.3 Å². The minimum atomic E-state index is -1.01. The first-order chi connectivity index (χ1) is 9.90. The van der Waals surface area contributed by atoms with E-state index in [0.29, 0.717) is 11.3 Å². The fourth-order valence-corrected chi connectivity index (χ4v) is 1.91. The summed E-state index contributed by atoms with van der Waals surface area (Å²) in [5.41, 5.74) is 0.162. The second kappa shape index (κ2) is 5.84. The van der Waals surface area contributed by atoms with Crippen molar-refractivity contribution in [1.29, 1.82) is 0 Å².